The topological polar surface area (TPSA) is 88.2 Å². The van der Waals surface area contributed by atoms with Crippen molar-refractivity contribution in [1.29, 1.82) is 0 Å². The van der Waals surface area contributed by atoms with Crippen LogP contribution in [0, 0.1) is 11.6 Å². The summed E-state index contributed by atoms with van der Waals surface area (Å²) in [5, 5.41) is 2.59. The molecule has 2 aliphatic heterocycles. The Labute approximate surface area is 147 Å². The molecule has 26 heavy (non-hydrogen) atoms. The second kappa shape index (κ2) is 7.14. The molecule has 1 atom stereocenters. The van der Waals surface area contributed by atoms with Crippen LogP contribution in [0.1, 0.15) is 13.3 Å². The Morgan fingerprint density at radius 1 is 1.23 bits per heavy atom. The fourth-order valence-corrected chi connectivity index (χ4v) is 2.75. The van der Waals surface area contributed by atoms with Gasteiger partial charge in [-0.2, -0.15) is 0 Å². The summed E-state index contributed by atoms with van der Waals surface area (Å²) >= 11 is 0. The van der Waals surface area contributed by atoms with Gasteiger partial charge in [-0.1, -0.05) is 6.92 Å². The van der Waals surface area contributed by atoms with Crippen molar-refractivity contribution in [3.8, 4) is 0 Å². The van der Waals surface area contributed by atoms with Crippen molar-refractivity contribution >= 4 is 29.5 Å². The molecule has 2 fully saturated rings. The Bertz CT molecular complexity index is 734. The average Bonchev–Trinajstić information content (AvgIpc) is 3.18. The van der Waals surface area contributed by atoms with E-state index in [1.807, 2.05) is 0 Å². The number of nitrogens with zero attached hydrogens (tertiary/aromatic N) is 2. The quantitative estimate of drug-likeness (QED) is 0.855. The van der Waals surface area contributed by atoms with E-state index >= 15 is 0 Å². The summed E-state index contributed by atoms with van der Waals surface area (Å²) in [6.45, 7) is 1.91. The molecule has 0 spiro atoms. The normalized spacial score (nSPS) is 19.6. The molecule has 1 N–H and O–H groups in total. The van der Waals surface area contributed by atoms with Crippen molar-refractivity contribution in [2.24, 2.45) is 0 Å². The number of hydrogen-bond acceptors (Lipinski definition) is 5. The summed E-state index contributed by atoms with van der Waals surface area (Å²) in [4.78, 5) is 36.7. The van der Waals surface area contributed by atoms with Gasteiger partial charge in [0.05, 0.1) is 25.3 Å². The van der Waals surface area contributed by atoms with Crippen LogP contribution < -0.4 is 15.1 Å². The first kappa shape index (κ1) is 17.9. The largest absolute Gasteiger partial charge is 0.447 e. The van der Waals surface area contributed by atoms with Gasteiger partial charge >= 0.3 is 12.2 Å². The number of carbonyl (C=O) groups excluding carboxylic acids is 3. The fraction of sp³-hybridized carbons (Fsp3) is 0.438. The van der Waals surface area contributed by atoms with Crippen LogP contribution in [-0.4, -0.2) is 50.4 Å². The van der Waals surface area contributed by atoms with E-state index in [9.17, 15) is 23.2 Å². The van der Waals surface area contributed by atoms with Crippen LogP contribution in [0.5, 0.6) is 0 Å². The van der Waals surface area contributed by atoms with E-state index in [4.69, 9.17) is 4.74 Å². The highest BCUT2D eigenvalue weighted by Gasteiger charge is 2.35. The standard InChI is InChI=1S/C16H17F2N3O5/c1-2-13(22)19-7-10-8-21(16(24)26-10)9-5-11(17)14(12(18)6-9)20-3-4-25-15(20)23/h5-6,10H,2-4,7-8H2,1H3,(H,19,22). The van der Waals surface area contributed by atoms with Crippen molar-refractivity contribution in [2.45, 2.75) is 19.4 Å². The highest BCUT2D eigenvalue weighted by atomic mass is 19.1. The van der Waals surface area contributed by atoms with E-state index in [2.05, 4.69) is 10.1 Å². The lowest BCUT2D eigenvalue weighted by atomic mass is 10.2. The third-order valence-corrected chi connectivity index (χ3v) is 4.07. The van der Waals surface area contributed by atoms with Crippen LogP contribution in [0.25, 0.3) is 0 Å². The molecule has 0 bridgehead atoms. The predicted molar refractivity (Wildman–Crippen MR) is 86.0 cm³/mol. The lowest BCUT2D eigenvalue weighted by Crippen LogP contribution is -2.34. The molecule has 2 saturated heterocycles. The first-order valence-corrected chi connectivity index (χ1v) is 8.09. The minimum Gasteiger partial charge on any atom is -0.447 e. The van der Waals surface area contributed by atoms with Crippen molar-refractivity contribution in [3.63, 3.8) is 0 Å². The lowest BCUT2D eigenvalue weighted by Gasteiger charge is -2.18. The molecular weight excluding hydrogens is 352 g/mol. The molecule has 1 aromatic rings. The highest BCUT2D eigenvalue weighted by molar-refractivity contribution is 5.92. The molecule has 2 heterocycles. The molecule has 1 unspecified atom stereocenters. The maximum absolute atomic E-state index is 14.4. The van der Waals surface area contributed by atoms with Crippen molar-refractivity contribution in [1.82, 2.24) is 5.32 Å². The van der Waals surface area contributed by atoms with Gasteiger partial charge in [0.2, 0.25) is 5.91 Å². The first-order chi connectivity index (χ1) is 12.4. The summed E-state index contributed by atoms with van der Waals surface area (Å²) < 4.78 is 38.6. The maximum Gasteiger partial charge on any atom is 0.414 e. The number of rotatable bonds is 5. The van der Waals surface area contributed by atoms with Crippen LogP contribution in [0.3, 0.4) is 0 Å². The zero-order valence-electron chi connectivity index (χ0n) is 14.0. The molecule has 8 nitrogen and oxygen atoms in total. The van der Waals surface area contributed by atoms with Gasteiger partial charge in [-0.25, -0.2) is 18.4 Å². The van der Waals surface area contributed by atoms with Crippen molar-refractivity contribution < 1.29 is 32.6 Å². The van der Waals surface area contributed by atoms with Gasteiger partial charge in [-0.05, 0) is 0 Å². The van der Waals surface area contributed by atoms with Gasteiger partial charge in [0.15, 0.2) is 11.6 Å². The van der Waals surface area contributed by atoms with Gasteiger partial charge in [0.25, 0.3) is 0 Å². The van der Waals surface area contributed by atoms with Gasteiger partial charge < -0.3 is 14.8 Å². The molecule has 0 saturated carbocycles. The number of benzene rings is 1. The molecule has 10 heteroatoms. The number of nitrogens with one attached hydrogen (secondary N) is 1. The third kappa shape index (κ3) is 3.39. The van der Waals surface area contributed by atoms with E-state index in [-0.39, 0.29) is 37.8 Å². The lowest BCUT2D eigenvalue weighted by molar-refractivity contribution is -0.121. The van der Waals surface area contributed by atoms with Crippen LogP contribution in [0.15, 0.2) is 12.1 Å². The van der Waals surface area contributed by atoms with Crippen molar-refractivity contribution in [3.05, 3.63) is 23.8 Å². The number of carbonyl (C=O) groups is 3. The number of anilines is 2. The highest BCUT2D eigenvalue weighted by Crippen LogP contribution is 2.32. The first-order valence-electron chi connectivity index (χ1n) is 8.09. The van der Waals surface area contributed by atoms with E-state index in [0.717, 1.165) is 21.9 Å². The molecular formula is C16H17F2N3O5. The number of halogens is 2. The monoisotopic (exact) mass is 369 g/mol. The van der Waals surface area contributed by atoms with E-state index in [1.165, 1.54) is 0 Å². The van der Waals surface area contributed by atoms with Gasteiger partial charge in [0, 0.05) is 18.6 Å². The van der Waals surface area contributed by atoms with E-state index in [1.54, 1.807) is 6.92 Å². The Morgan fingerprint density at radius 2 is 1.92 bits per heavy atom. The smallest absolute Gasteiger partial charge is 0.414 e. The predicted octanol–water partition coefficient (Wildman–Crippen LogP) is 1.77. The summed E-state index contributed by atoms with van der Waals surface area (Å²) in [7, 11) is 0. The number of amides is 3. The molecule has 0 aliphatic carbocycles. The Hall–Kier alpha value is -2.91. The van der Waals surface area contributed by atoms with Crippen LogP contribution in [0.4, 0.5) is 29.7 Å². The van der Waals surface area contributed by atoms with E-state index in [0.29, 0.717) is 6.42 Å². The molecule has 140 valence electrons. The molecule has 1 aromatic carbocycles. The minimum absolute atomic E-state index is 0.0345. The average molecular weight is 369 g/mol. The minimum atomic E-state index is -0.991. The summed E-state index contributed by atoms with van der Waals surface area (Å²) in [6, 6.07) is 1.91. The summed E-state index contributed by atoms with van der Waals surface area (Å²) in [5.74, 6) is -2.18. The fourth-order valence-electron chi connectivity index (χ4n) is 2.75. The molecule has 0 radical (unpaired) electrons. The second-order valence-electron chi connectivity index (χ2n) is 5.80. The van der Waals surface area contributed by atoms with Crippen LogP contribution in [0.2, 0.25) is 0 Å². The third-order valence-electron chi connectivity index (χ3n) is 4.07. The summed E-state index contributed by atoms with van der Waals surface area (Å²) in [5.41, 5.74) is -0.554. The van der Waals surface area contributed by atoms with E-state index < -0.39 is 35.6 Å². The van der Waals surface area contributed by atoms with Crippen LogP contribution in [-0.2, 0) is 14.3 Å². The zero-order valence-corrected chi connectivity index (χ0v) is 14.0. The van der Waals surface area contributed by atoms with Gasteiger partial charge in [-0.3, -0.25) is 14.6 Å². The maximum atomic E-state index is 14.4. The number of ether oxygens (including phenoxy) is 2. The molecule has 0 aromatic heterocycles. The Kier molecular flexibility index (Phi) is 4.92. The Morgan fingerprint density at radius 3 is 2.50 bits per heavy atom. The van der Waals surface area contributed by atoms with Crippen molar-refractivity contribution in [2.75, 3.05) is 36.0 Å². The van der Waals surface area contributed by atoms with Crippen LogP contribution >= 0.6 is 0 Å². The molecule has 3 amide bonds. The summed E-state index contributed by atoms with van der Waals surface area (Å²) in [6.07, 6.45) is -1.94. The zero-order chi connectivity index (χ0) is 18.8. The van der Waals surface area contributed by atoms with Gasteiger partial charge in [-0.15, -0.1) is 0 Å². The number of cyclic esters (lactones) is 2. The second-order valence-corrected chi connectivity index (χ2v) is 5.80. The molecule has 3 rings (SSSR count). The van der Waals surface area contributed by atoms with Gasteiger partial charge in [0.1, 0.15) is 18.4 Å². The molecule has 2 aliphatic rings. The SMILES string of the molecule is CCC(=O)NCC1CN(c2cc(F)c(N3CCOC3=O)c(F)c2)C(=O)O1. The Balaban J connectivity index is 1.76. The number of hydrogen-bond donors (Lipinski definition) is 1.